The molecule has 8 aromatic carbocycles. The van der Waals surface area contributed by atoms with E-state index in [-0.39, 0.29) is 20.1 Å². The van der Waals surface area contributed by atoms with E-state index in [0.717, 1.165) is 44.8 Å². The molecule has 3 heterocycles. The first-order chi connectivity index (χ1) is 30.5. The molecule has 11 aromatic rings. The number of hydrogen-bond acceptors (Lipinski definition) is 2. The Morgan fingerprint density at radius 3 is 1.68 bits per heavy atom. The molecule has 5 heteroatoms. The molecule has 0 atom stereocenters. The first-order valence-corrected chi connectivity index (χ1v) is 21.5. The maximum atomic E-state index is 5.41. The van der Waals surface area contributed by atoms with E-state index in [1.165, 1.54) is 55.1 Å². The summed E-state index contributed by atoms with van der Waals surface area (Å²) in [4.78, 5) is 9.63. The number of benzene rings is 8. The molecule has 4 nitrogen and oxygen atoms in total. The van der Waals surface area contributed by atoms with Gasteiger partial charge in [0, 0.05) is 53.8 Å². The van der Waals surface area contributed by atoms with Gasteiger partial charge in [0.25, 0.3) is 0 Å². The van der Waals surface area contributed by atoms with E-state index in [1.807, 2.05) is 42.5 Å². The van der Waals surface area contributed by atoms with Crippen molar-refractivity contribution < 1.29 is 20.1 Å². The van der Waals surface area contributed by atoms with Crippen molar-refractivity contribution in [3.05, 3.63) is 218 Å². The number of imidazole rings is 1. The van der Waals surface area contributed by atoms with E-state index in [9.17, 15) is 0 Å². The van der Waals surface area contributed by atoms with E-state index >= 15 is 0 Å². The predicted octanol–water partition coefficient (Wildman–Crippen LogP) is 15.2. The van der Waals surface area contributed by atoms with Gasteiger partial charge in [-0.2, -0.15) is 0 Å². The van der Waals surface area contributed by atoms with Crippen LogP contribution in [-0.2, 0) is 20.1 Å². The molecule has 0 fully saturated rings. The second kappa shape index (κ2) is 17.8. The van der Waals surface area contributed by atoms with Gasteiger partial charge in [-0.15, -0.1) is 53.6 Å². The van der Waals surface area contributed by atoms with Crippen LogP contribution < -0.4 is 0 Å². The second-order valence-corrected chi connectivity index (χ2v) is 16.4. The predicted molar refractivity (Wildman–Crippen MR) is 259 cm³/mol. The summed E-state index contributed by atoms with van der Waals surface area (Å²) in [7, 11) is 0. The number of rotatable bonds is 7. The van der Waals surface area contributed by atoms with Crippen LogP contribution in [0.2, 0.25) is 0 Å². The number of hydrogen-bond donors (Lipinski definition) is 0. The van der Waals surface area contributed by atoms with E-state index in [0.29, 0.717) is 11.8 Å². The van der Waals surface area contributed by atoms with Crippen molar-refractivity contribution in [3.8, 4) is 45.1 Å². The molecule has 0 bridgehead atoms. The van der Waals surface area contributed by atoms with Crippen molar-refractivity contribution in [2.75, 3.05) is 0 Å². The molecular weight excluding hydrogens is 945 g/mol. The SMILES string of the molecule is CC(C)c1cc(-c2ccccc2)cc(C(C)C)c1-n1c(-c2[c-]cc(-n3c4ccccc4c4ccccc43)c3ccccc23)nc2ccccc21.[Ir].[c-]1ccccc1-c1ccccn1. The molecule has 0 spiro atoms. The molecule has 0 unspecified atom stereocenters. The standard InChI is InChI=1S/C47H38N3.C11H8N.Ir/c1-30(2)39-28-33(32-16-6-5-7-17-32)29-40(31(3)4)46(39)50-45-25-15-12-22-41(45)48-47(50)38-26-27-44(35-19-9-8-18-34(35)38)49-42-23-13-10-20-36(42)37-21-11-14-24-43(37)49;1-2-6-10(7-3-1)11-8-4-5-9-12-11;/h5-25,27-31H,1-4H3;1-6,8-9H;/q2*-1;. The molecule has 0 saturated heterocycles. The van der Waals surface area contributed by atoms with Crippen molar-refractivity contribution in [1.29, 1.82) is 0 Å². The monoisotopic (exact) mass is 991 g/mol. The molecule has 0 aliphatic heterocycles. The van der Waals surface area contributed by atoms with Crippen molar-refractivity contribution >= 4 is 43.6 Å². The number of pyridine rings is 1. The van der Waals surface area contributed by atoms with Crippen LogP contribution in [-0.4, -0.2) is 19.1 Å². The largest absolute Gasteiger partial charge is 0.350 e. The summed E-state index contributed by atoms with van der Waals surface area (Å²) in [6.45, 7) is 9.22. The summed E-state index contributed by atoms with van der Waals surface area (Å²) in [5, 5.41) is 4.79. The van der Waals surface area contributed by atoms with Gasteiger partial charge in [-0.3, -0.25) is 4.98 Å². The fraction of sp³-hybridized carbons (Fsp3) is 0.103. The van der Waals surface area contributed by atoms with Gasteiger partial charge in [0.05, 0.1) is 16.9 Å². The minimum Gasteiger partial charge on any atom is -0.350 e. The third kappa shape index (κ3) is 7.69. The molecule has 63 heavy (non-hydrogen) atoms. The maximum absolute atomic E-state index is 5.41. The minimum atomic E-state index is 0. The molecule has 1 radical (unpaired) electrons. The van der Waals surface area contributed by atoms with E-state index in [4.69, 9.17) is 4.98 Å². The van der Waals surface area contributed by atoms with Crippen molar-refractivity contribution in [3.63, 3.8) is 0 Å². The molecule has 11 rings (SSSR count). The number of fused-ring (bicyclic) bond motifs is 5. The van der Waals surface area contributed by atoms with Crippen LogP contribution in [0.5, 0.6) is 0 Å². The van der Waals surface area contributed by atoms with E-state index in [1.54, 1.807) is 6.20 Å². The molecule has 0 aliphatic rings. The summed E-state index contributed by atoms with van der Waals surface area (Å²) in [6.07, 6.45) is 1.79. The average molecular weight is 991 g/mol. The molecule has 0 amide bonds. The summed E-state index contributed by atoms with van der Waals surface area (Å²) in [5.74, 6) is 1.49. The van der Waals surface area contributed by atoms with Gasteiger partial charge in [0.1, 0.15) is 0 Å². The summed E-state index contributed by atoms with van der Waals surface area (Å²) in [5.41, 5.74) is 14.9. The second-order valence-electron chi connectivity index (χ2n) is 16.4. The van der Waals surface area contributed by atoms with Crippen molar-refractivity contribution in [1.82, 2.24) is 19.1 Å². The van der Waals surface area contributed by atoms with Crippen LogP contribution in [0.25, 0.3) is 88.8 Å². The van der Waals surface area contributed by atoms with Crippen molar-refractivity contribution in [2.24, 2.45) is 0 Å². The Morgan fingerprint density at radius 2 is 1.06 bits per heavy atom. The van der Waals surface area contributed by atoms with Crippen LogP contribution in [0, 0.1) is 12.1 Å². The summed E-state index contributed by atoms with van der Waals surface area (Å²) < 4.78 is 4.82. The first kappa shape index (κ1) is 41.4. The van der Waals surface area contributed by atoms with Gasteiger partial charge in [-0.1, -0.05) is 154 Å². The molecule has 3 aromatic heterocycles. The molecule has 0 saturated carbocycles. The van der Waals surface area contributed by atoms with E-state index in [2.05, 4.69) is 200 Å². The zero-order valence-electron chi connectivity index (χ0n) is 35.8. The van der Waals surface area contributed by atoms with Crippen LogP contribution >= 0.6 is 0 Å². The zero-order valence-corrected chi connectivity index (χ0v) is 38.1. The minimum absolute atomic E-state index is 0. The zero-order chi connectivity index (χ0) is 42.2. The average Bonchev–Trinajstić information content (AvgIpc) is 3.88. The van der Waals surface area contributed by atoms with Crippen molar-refractivity contribution in [2.45, 2.75) is 39.5 Å². The van der Waals surface area contributed by atoms with Gasteiger partial charge >= 0.3 is 0 Å². The molecular formula is C58H46IrN4-2. The van der Waals surface area contributed by atoms with Gasteiger partial charge in [0.15, 0.2) is 0 Å². The smallest absolute Gasteiger partial charge is 0.0774 e. The van der Waals surface area contributed by atoms with Crippen LogP contribution in [0.1, 0.15) is 50.7 Å². The Labute approximate surface area is 382 Å². The molecule has 0 aliphatic carbocycles. The van der Waals surface area contributed by atoms with Crippen LogP contribution in [0.15, 0.2) is 194 Å². The normalized spacial score (nSPS) is 11.3. The Morgan fingerprint density at radius 1 is 0.492 bits per heavy atom. The number of aromatic nitrogens is 4. The Balaban J connectivity index is 0.000000335. The topological polar surface area (TPSA) is 35.6 Å². The van der Waals surface area contributed by atoms with Gasteiger partial charge in [-0.25, -0.2) is 0 Å². The van der Waals surface area contributed by atoms with Crippen LogP contribution in [0.3, 0.4) is 0 Å². The third-order valence-corrected chi connectivity index (χ3v) is 11.8. The van der Waals surface area contributed by atoms with E-state index < -0.39 is 0 Å². The Kier molecular flexibility index (Phi) is 11.7. The maximum Gasteiger partial charge on any atom is 0.0774 e. The van der Waals surface area contributed by atoms with Gasteiger partial charge < -0.3 is 14.1 Å². The third-order valence-electron chi connectivity index (χ3n) is 11.8. The molecule has 309 valence electrons. The first-order valence-electron chi connectivity index (χ1n) is 21.5. The Hall–Kier alpha value is -6.91. The van der Waals surface area contributed by atoms with Crippen LogP contribution in [0.4, 0.5) is 0 Å². The fourth-order valence-corrected chi connectivity index (χ4v) is 8.88. The summed E-state index contributed by atoms with van der Waals surface area (Å²) >= 11 is 0. The Bertz CT molecular complexity index is 3230. The number of nitrogens with zero attached hydrogens (tertiary/aromatic N) is 4. The summed E-state index contributed by atoms with van der Waals surface area (Å²) in [6, 6.07) is 73.0. The molecule has 0 N–H and O–H groups in total. The van der Waals surface area contributed by atoms with Gasteiger partial charge in [-0.05, 0) is 87.9 Å². The van der Waals surface area contributed by atoms with Gasteiger partial charge in [0.2, 0.25) is 0 Å². The number of para-hydroxylation sites is 4. The fourth-order valence-electron chi connectivity index (χ4n) is 8.88. The quantitative estimate of drug-likeness (QED) is 0.149.